The molecule has 5 heteroatoms. The highest BCUT2D eigenvalue weighted by Crippen LogP contribution is 2.22. The molecular formula is C16H21N3OS. The lowest BCUT2D eigenvalue weighted by Gasteiger charge is -2.28. The van der Waals surface area contributed by atoms with E-state index in [2.05, 4.69) is 48.2 Å². The van der Waals surface area contributed by atoms with Crippen LogP contribution in [0, 0.1) is 0 Å². The predicted octanol–water partition coefficient (Wildman–Crippen LogP) is 2.69. The van der Waals surface area contributed by atoms with Crippen LogP contribution >= 0.6 is 11.3 Å². The van der Waals surface area contributed by atoms with Gasteiger partial charge in [-0.15, -0.1) is 11.3 Å². The van der Waals surface area contributed by atoms with Crippen LogP contribution in [-0.2, 0) is 24.9 Å². The molecule has 3 rings (SSSR count). The summed E-state index contributed by atoms with van der Waals surface area (Å²) in [5, 5.41) is 2.09. The van der Waals surface area contributed by atoms with E-state index in [1.807, 2.05) is 0 Å². The number of aromatic nitrogens is 2. The van der Waals surface area contributed by atoms with E-state index < -0.39 is 0 Å². The molecule has 0 radical (unpaired) electrons. The standard InChI is InChI=1S/C16H21N3OS/c1-16(2,3)15-17-13-6-7-19(9-11-5-4-8-21-11)10-12(13)14(20)18-15/h4-5,8H,6-7,9-10H2,1-3H3,(H,17,18,20). The van der Waals surface area contributed by atoms with E-state index >= 15 is 0 Å². The molecule has 0 bridgehead atoms. The third kappa shape index (κ3) is 3.09. The lowest BCUT2D eigenvalue weighted by molar-refractivity contribution is 0.243. The van der Waals surface area contributed by atoms with Gasteiger partial charge in [0.1, 0.15) is 5.82 Å². The molecule has 0 fully saturated rings. The molecule has 0 amide bonds. The molecule has 0 unspecified atom stereocenters. The number of nitrogens with zero attached hydrogens (tertiary/aromatic N) is 2. The molecule has 1 aliphatic heterocycles. The van der Waals surface area contributed by atoms with Gasteiger partial charge in [0.15, 0.2) is 0 Å². The summed E-state index contributed by atoms with van der Waals surface area (Å²) in [5.41, 5.74) is 1.72. The Morgan fingerprint density at radius 3 is 2.90 bits per heavy atom. The molecule has 1 N–H and O–H groups in total. The fourth-order valence-electron chi connectivity index (χ4n) is 2.59. The average molecular weight is 303 g/mol. The maximum absolute atomic E-state index is 12.4. The van der Waals surface area contributed by atoms with Crippen LogP contribution in [0.4, 0.5) is 0 Å². The van der Waals surface area contributed by atoms with Crippen LogP contribution in [0.2, 0.25) is 0 Å². The number of H-pyrrole nitrogens is 1. The van der Waals surface area contributed by atoms with E-state index in [0.29, 0.717) is 6.54 Å². The van der Waals surface area contributed by atoms with Gasteiger partial charge in [-0.2, -0.15) is 0 Å². The normalized spacial score (nSPS) is 16.0. The second-order valence-corrected chi connectivity index (χ2v) is 7.66. The second kappa shape index (κ2) is 5.39. The van der Waals surface area contributed by atoms with Gasteiger partial charge in [0.05, 0.1) is 11.3 Å². The molecule has 0 atom stereocenters. The Kier molecular flexibility index (Phi) is 3.71. The number of fused-ring (bicyclic) bond motifs is 1. The first kappa shape index (κ1) is 14.5. The highest BCUT2D eigenvalue weighted by molar-refractivity contribution is 7.09. The van der Waals surface area contributed by atoms with Crippen molar-refractivity contribution in [3.8, 4) is 0 Å². The predicted molar refractivity (Wildman–Crippen MR) is 85.7 cm³/mol. The minimum atomic E-state index is -0.123. The zero-order valence-corrected chi connectivity index (χ0v) is 13.6. The molecule has 21 heavy (non-hydrogen) atoms. The SMILES string of the molecule is CC(C)(C)c1nc2c(c(=O)[nH]1)CN(Cc1cccs1)CC2. The lowest BCUT2D eigenvalue weighted by Crippen LogP contribution is -2.36. The summed E-state index contributed by atoms with van der Waals surface area (Å²) in [5.74, 6) is 0.790. The van der Waals surface area contributed by atoms with Gasteiger partial charge in [0.25, 0.3) is 5.56 Å². The Morgan fingerprint density at radius 1 is 1.43 bits per heavy atom. The molecule has 0 saturated heterocycles. The van der Waals surface area contributed by atoms with Crippen LogP contribution in [0.25, 0.3) is 0 Å². The zero-order valence-electron chi connectivity index (χ0n) is 12.8. The quantitative estimate of drug-likeness (QED) is 0.928. The number of aromatic amines is 1. The Balaban J connectivity index is 1.85. The molecule has 112 valence electrons. The molecule has 3 heterocycles. The van der Waals surface area contributed by atoms with E-state index in [9.17, 15) is 4.79 Å². The molecule has 1 aliphatic rings. The number of hydrogen-bond donors (Lipinski definition) is 1. The maximum atomic E-state index is 12.4. The van der Waals surface area contributed by atoms with Crippen LogP contribution in [-0.4, -0.2) is 21.4 Å². The maximum Gasteiger partial charge on any atom is 0.255 e. The first-order valence-electron chi connectivity index (χ1n) is 7.31. The summed E-state index contributed by atoms with van der Waals surface area (Å²) in [4.78, 5) is 23.7. The van der Waals surface area contributed by atoms with Crippen molar-refractivity contribution < 1.29 is 0 Å². The minimum absolute atomic E-state index is 0.0285. The third-order valence-corrected chi connectivity index (χ3v) is 4.68. The Morgan fingerprint density at radius 2 is 2.24 bits per heavy atom. The van der Waals surface area contributed by atoms with Crippen molar-refractivity contribution in [3.05, 3.63) is 49.8 Å². The summed E-state index contributed by atoms with van der Waals surface area (Å²) < 4.78 is 0. The Bertz CT molecular complexity index is 683. The highest BCUT2D eigenvalue weighted by atomic mass is 32.1. The number of thiophene rings is 1. The number of nitrogens with one attached hydrogen (secondary N) is 1. The summed E-state index contributed by atoms with van der Waals surface area (Å²) in [7, 11) is 0. The van der Waals surface area contributed by atoms with Crippen molar-refractivity contribution in [1.82, 2.24) is 14.9 Å². The monoisotopic (exact) mass is 303 g/mol. The summed E-state index contributed by atoms with van der Waals surface area (Å²) in [6.45, 7) is 8.79. The van der Waals surface area contributed by atoms with Gasteiger partial charge in [0.2, 0.25) is 0 Å². The lowest BCUT2D eigenvalue weighted by atomic mass is 9.95. The third-order valence-electron chi connectivity index (χ3n) is 3.82. The summed E-state index contributed by atoms with van der Waals surface area (Å²) in [6.07, 6.45) is 0.855. The van der Waals surface area contributed by atoms with Crippen molar-refractivity contribution >= 4 is 11.3 Å². The van der Waals surface area contributed by atoms with E-state index in [-0.39, 0.29) is 11.0 Å². The molecule has 0 spiro atoms. The van der Waals surface area contributed by atoms with Gasteiger partial charge < -0.3 is 4.98 Å². The van der Waals surface area contributed by atoms with E-state index in [4.69, 9.17) is 4.98 Å². The van der Waals surface area contributed by atoms with Gasteiger partial charge >= 0.3 is 0 Å². The smallest absolute Gasteiger partial charge is 0.255 e. The van der Waals surface area contributed by atoms with Crippen molar-refractivity contribution in [3.63, 3.8) is 0 Å². The van der Waals surface area contributed by atoms with Crippen molar-refractivity contribution in [1.29, 1.82) is 0 Å². The number of hydrogen-bond acceptors (Lipinski definition) is 4. The van der Waals surface area contributed by atoms with E-state index in [0.717, 1.165) is 36.6 Å². The van der Waals surface area contributed by atoms with Crippen LogP contribution < -0.4 is 5.56 Å². The van der Waals surface area contributed by atoms with Gasteiger partial charge in [-0.05, 0) is 11.4 Å². The molecule has 4 nitrogen and oxygen atoms in total. The minimum Gasteiger partial charge on any atom is -0.310 e. The van der Waals surface area contributed by atoms with Crippen molar-refractivity contribution in [2.24, 2.45) is 0 Å². The Hall–Kier alpha value is -1.46. The molecule has 2 aromatic heterocycles. The van der Waals surface area contributed by atoms with Crippen LogP contribution in [0.15, 0.2) is 22.3 Å². The molecular weight excluding hydrogens is 282 g/mol. The summed E-state index contributed by atoms with van der Waals surface area (Å²) >= 11 is 1.76. The highest BCUT2D eigenvalue weighted by Gasteiger charge is 2.24. The topological polar surface area (TPSA) is 49.0 Å². The van der Waals surface area contributed by atoms with Crippen molar-refractivity contribution in [2.45, 2.75) is 45.7 Å². The largest absolute Gasteiger partial charge is 0.310 e. The van der Waals surface area contributed by atoms with E-state index in [1.54, 1.807) is 11.3 Å². The molecule has 0 aromatic carbocycles. The van der Waals surface area contributed by atoms with E-state index in [1.165, 1.54) is 4.88 Å². The fraction of sp³-hybridized carbons (Fsp3) is 0.500. The first-order chi connectivity index (χ1) is 9.93. The zero-order chi connectivity index (χ0) is 15.0. The van der Waals surface area contributed by atoms with Crippen LogP contribution in [0.1, 0.15) is 42.7 Å². The summed E-state index contributed by atoms with van der Waals surface area (Å²) in [6, 6.07) is 4.22. The van der Waals surface area contributed by atoms with Gasteiger partial charge in [0, 0.05) is 36.3 Å². The Labute approximate surface area is 128 Å². The first-order valence-corrected chi connectivity index (χ1v) is 8.19. The van der Waals surface area contributed by atoms with Crippen LogP contribution in [0.5, 0.6) is 0 Å². The van der Waals surface area contributed by atoms with Gasteiger partial charge in [-0.25, -0.2) is 4.98 Å². The molecule has 0 saturated carbocycles. The fourth-order valence-corrected chi connectivity index (χ4v) is 3.34. The molecule has 0 aliphatic carbocycles. The average Bonchev–Trinajstić information content (AvgIpc) is 2.91. The van der Waals surface area contributed by atoms with Gasteiger partial charge in [-0.3, -0.25) is 9.69 Å². The second-order valence-electron chi connectivity index (χ2n) is 6.63. The molecule has 2 aromatic rings. The number of rotatable bonds is 2. The van der Waals surface area contributed by atoms with Crippen LogP contribution in [0.3, 0.4) is 0 Å². The van der Waals surface area contributed by atoms with Gasteiger partial charge in [-0.1, -0.05) is 26.8 Å². The van der Waals surface area contributed by atoms with Crippen molar-refractivity contribution in [2.75, 3.05) is 6.54 Å².